The molecule has 136 valence electrons. The van der Waals surface area contributed by atoms with E-state index in [1.807, 2.05) is 61.5 Å². The van der Waals surface area contributed by atoms with E-state index in [9.17, 15) is 4.79 Å². The maximum Gasteiger partial charge on any atom is 0.250 e. The van der Waals surface area contributed by atoms with Crippen molar-refractivity contribution in [2.45, 2.75) is 6.92 Å². The number of hydrogen-bond acceptors (Lipinski definition) is 4. The largest absolute Gasteiger partial charge is 0.491 e. The van der Waals surface area contributed by atoms with E-state index in [1.54, 1.807) is 6.08 Å². The first kappa shape index (κ1) is 19.6. The van der Waals surface area contributed by atoms with Crippen LogP contribution in [0.4, 0.5) is 5.69 Å². The zero-order valence-corrected chi connectivity index (χ0v) is 15.4. The molecular formula is C20H22N2O3S. The Bertz CT molecular complexity index is 730. The highest BCUT2D eigenvalue weighted by Gasteiger charge is 2.02. The standard InChI is InChI=1S/C20H22N2O3S/c1-2-24-14-15-25-18-11-9-17(10-12-18)21-20(26)22-19(23)13-8-16-6-4-3-5-7-16/h3-13H,2,14-15H2,1H3,(H2,21,22,23,26)/b13-8+. The number of carbonyl (C=O) groups is 1. The van der Waals surface area contributed by atoms with Gasteiger partial charge in [0.2, 0.25) is 5.91 Å². The van der Waals surface area contributed by atoms with Crippen molar-refractivity contribution in [3.05, 3.63) is 66.2 Å². The molecule has 2 N–H and O–H groups in total. The molecule has 0 aromatic heterocycles. The second kappa shape index (κ2) is 11.0. The van der Waals surface area contributed by atoms with Crippen molar-refractivity contribution in [1.82, 2.24) is 5.32 Å². The summed E-state index contributed by atoms with van der Waals surface area (Å²) >= 11 is 5.15. The quantitative estimate of drug-likeness (QED) is 0.422. The number of benzene rings is 2. The summed E-state index contributed by atoms with van der Waals surface area (Å²) in [5, 5.41) is 5.80. The summed E-state index contributed by atoms with van der Waals surface area (Å²) in [5.41, 5.74) is 1.71. The van der Waals surface area contributed by atoms with Crippen LogP contribution in [-0.4, -0.2) is 30.8 Å². The summed E-state index contributed by atoms with van der Waals surface area (Å²) < 4.78 is 10.8. The van der Waals surface area contributed by atoms with E-state index in [1.165, 1.54) is 6.08 Å². The topological polar surface area (TPSA) is 59.6 Å². The maximum atomic E-state index is 11.9. The van der Waals surface area contributed by atoms with E-state index < -0.39 is 0 Å². The van der Waals surface area contributed by atoms with E-state index in [0.29, 0.717) is 19.8 Å². The van der Waals surface area contributed by atoms with Crippen LogP contribution < -0.4 is 15.4 Å². The third kappa shape index (κ3) is 7.46. The molecule has 0 heterocycles. The highest BCUT2D eigenvalue weighted by atomic mass is 32.1. The van der Waals surface area contributed by atoms with Crippen molar-refractivity contribution in [1.29, 1.82) is 0 Å². The highest BCUT2D eigenvalue weighted by Crippen LogP contribution is 2.15. The van der Waals surface area contributed by atoms with Crippen LogP contribution >= 0.6 is 12.2 Å². The SMILES string of the molecule is CCOCCOc1ccc(NC(=S)NC(=O)/C=C/c2ccccc2)cc1. The fourth-order valence-corrected chi connectivity index (χ4v) is 2.27. The Labute approximate surface area is 159 Å². The fourth-order valence-electron chi connectivity index (χ4n) is 2.05. The van der Waals surface area contributed by atoms with Gasteiger partial charge in [0, 0.05) is 18.4 Å². The molecule has 6 heteroatoms. The summed E-state index contributed by atoms with van der Waals surface area (Å²) in [5.74, 6) is 0.457. The van der Waals surface area contributed by atoms with Crippen molar-refractivity contribution in [2.75, 3.05) is 25.1 Å². The summed E-state index contributed by atoms with van der Waals surface area (Å²) in [6.45, 7) is 3.68. The first-order chi connectivity index (χ1) is 12.7. The monoisotopic (exact) mass is 370 g/mol. The van der Waals surface area contributed by atoms with E-state index in [4.69, 9.17) is 21.7 Å². The Morgan fingerprint density at radius 2 is 1.81 bits per heavy atom. The van der Waals surface area contributed by atoms with Gasteiger partial charge in [0.05, 0.1) is 6.61 Å². The van der Waals surface area contributed by atoms with Crippen LogP contribution in [0.3, 0.4) is 0 Å². The van der Waals surface area contributed by atoms with Gasteiger partial charge < -0.3 is 14.8 Å². The van der Waals surface area contributed by atoms with Gasteiger partial charge in [0.25, 0.3) is 0 Å². The molecule has 0 saturated carbocycles. The summed E-state index contributed by atoms with van der Waals surface area (Å²) in [6.07, 6.45) is 3.17. The molecule has 2 aromatic rings. The first-order valence-electron chi connectivity index (χ1n) is 8.33. The van der Waals surface area contributed by atoms with Gasteiger partial charge in [-0.3, -0.25) is 10.1 Å². The lowest BCUT2D eigenvalue weighted by atomic mass is 10.2. The van der Waals surface area contributed by atoms with Crippen molar-refractivity contribution in [3.8, 4) is 5.75 Å². The molecule has 0 atom stereocenters. The predicted molar refractivity (Wildman–Crippen MR) is 108 cm³/mol. The van der Waals surface area contributed by atoms with Crippen molar-refractivity contribution in [3.63, 3.8) is 0 Å². The van der Waals surface area contributed by atoms with Gasteiger partial charge in [0.1, 0.15) is 12.4 Å². The molecule has 0 aliphatic rings. The molecule has 0 aliphatic carbocycles. The predicted octanol–water partition coefficient (Wildman–Crippen LogP) is 3.63. The molecular weight excluding hydrogens is 348 g/mol. The second-order valence-corrected chi connectivity index (χ2v) is 5.67. The van der Waals surface area contributed by atoms with Gasteiger partial charge in [-0.1, -0.05) is 30.3 Å². The Morgan fingerprint density at radius 1 is 1.08 bits per heavy atom. The van der Waals surface area contributed by atoms with Crippen LogP contribution in [0.15, 0.2) is 60.7 Å². The number of nitrogens with one attached hydrogen (secondary N) is 2. The molecule has 26 heavy (non-hydrogen) atoms. The Kier molecular flexibility index (Phi) is 8.32. The van der Waals surface area contributed by atoms with Crippen molar-refractivity contribution < 1.29 is 14.3 Å². The Morgan fingerprint density at radius 3 is 2.50 bits per heavy atom. The Hall–Kier alpha value is -2.70. The molecule has 0 fully saturated rings. The summed E-state index contributed by atoms with van der Waals surface area (Å²) in [4.78, 5) is 11.9. The summed E-state index contributed by atoms with van der Waals surface area (Å²) in [6, 6.07) is 16.9. The Balaban J connectivity index is 1.76. The van der Waals surface area contributed by atoms with Gasteiger partial charge in [-0.2, -0.15) is 0 Å². The fraction of sp³-hybridized carbons (Fsp3) is 0.200. The third-order valence-corrected chi connectivity index (χ3v) is 3.48. The van der Waals surface area contributed by atoms with Crippen LogP contribution in [0.2, 0.25) is 0 Å². The van der Waals surface area contributed by atoms with Gasteiger partial charge in [-0.25, -0.2) is 0 Å². The van der Waals surface area contributed by atoms with E-state index in [2.05, 4.69) is 10.6 Å². The van der Waals surface area contributed by atoms with Crippen LogP contribution in [-0.2, 0) is 9.53 Å². The van der Waals surface area contributed by atoms with Gasteiger partial charge >= 0.3 is 0 Å². The number of anilines is 1. The van der Waals surface area contributed by atoms with Crippen LogP contribution in [0.5, 0.6) is 5.75 Å². The molecule has 5 nitrogen and oxygen atoms in total. The minimum atomic E-state index is -0.290. The van der Waals surface area contributed by atoms with E-state index >= 15 is 0 Å². The molecule has 0 bridgehead atoms. The third-order valence-electron chi connectivity index (χ3n) is 3.28. The van der Waals surface area contributed by atoms with Gasteiger partial charge in [-0.05, 0) is 55.0 Å². The van der Waals surface area contributed by atoms with E-state index in [-0.39, 0.29) is 11.0 Å². The molecule has 2 aromatic carbocycles. The van der Waals surface area contributed by atoms with Crippen LogP contribution in [0, 0.1) is 0 Å². The molecule has 2 rings (SSSR count). The lowest BCUT2D eigenvalue weighted by Gasteiger charge is -2.10. The number of amides is 1. The second-order valence-electron chi connectivity index (χ2n) is 5.26. The first-order valence-corrected chi connectivity index (χ1v) is 8.74. The molecule has 0 aliphatic heterocycles. The van der Waals surface area contributed by atoms with Crippen LogP contribution in [0.1, 0.15) is 12.5 Å². The van der Waals surface area contributed by atoms with Crippen LogP contribution in [0.25, 0.3) is 6.08 Å². The smallest absolute Gasteiger partial charge is 0.250 e. The lowest BCUT2D eigenvalue weighted by molar-refractivity contribution is -0.115. The van der Waals surface area contributed by atoms with Crippen molar-refractivity contribution >= 4 is 35.0 Å². The minimum Gasteiger partial charge on any atom is -0.491 e. The zero-order valence-electron chi connectivity index (χ0n) is 14.6. The average molecular weight is 370 g/mol. The number of rotatable bonds is 8. The lowest BCUT2D eigenvalue weighted by Crippen LogP contribution is -2.32. The average Bonchev–Trinajstić information content (AvgIpc) is 2.66. The molecule has 0 spiro atoms. The molecule has 1 amide bonds. The zero-order chi connectivity index (χ0) is 18.6. The number of ether oxygens (including phenoxy) is 2. The molecule has 0 saturated heterocycles. The maximum absolute atomic E-state index is 11.9. The van der Waals surface area contributed by atoms with Gasteiger partial charge in [0.15, 0.2) is 5.11 Å². The highest BCUT2D eigenvalue weighted by molar-refractivity contribution is 7.80. The van der Waals surface area contributed by atoms with Crippen molar-refractivity contribution in [2.24, 2.45) is 0 Å². The molecule has 0 unspecified atom stereocenters. The van der Waals surface area contributed by atoms with Gasteiger partial charge in [-0.15, -0.1) is 0 Å². The minimum absolute atomic E-state index is 0.234. The number of thiocarbonyl (C=S) groups is 1. The van der Waals surface area contributed by atoms with E-state index in [0.717, 1.165) is 17.0 Å². The number of carbonyl (C=O) groups excluding carboxylic acids is 1. The number of hydrogen-bond donors (Lipinski definition) is 2. The summed E-state index contributed by atoms with van der Waals surface area (Å²) in [7, 11) is 0. The normalized spacial score (nSPS) is 10.5. The molecule has 0 radical (unpaired) electrons.